The van der Waals surface area contributed by atoms with Crippen LogP contribution in [0.25, 0.3) is 0 Å². The van der Waals surface area contributed by atoms with Gasteiger partial charge in [-0.2, -0.15) is 0 Å². The highest BCUT2D eigenvalue weighted by molar-refractivity contribution is 5.99. The van der Waals surface area contributed by atoms with Crippen molar-refractivity contribution in [2.24, 2.45) is 5.92 Å². The number of Topliss-reactive ketones (excluding diaryl/α,β-unsaturated/α-hetero) is 1. The van der Waals surface area contributed by atoms with Crippen molar-refractivity contribution < 1.29 is 14.3 Å². The summed E-state index contributed by atoms with van der Waals surface area (Å²) in [6, 6.07) is 0. The van der Waals surface area contributed by atoms with E-state index in [2.05, 4.69) is 59.8 Å². The van der Waals surface area contributed by atoms with Gasteiger partial charge in [-0.05, 0) is 92.9 Å². The van der Waals surface area contributed by atoms with Crippen molar-refractivity contribution in [1.29, 1.82) is 0 Å². The van der Waals surface area contributed by atoms with Gasteiger partial charge in [0.1, 0.15) is 11.7 Å². The number of unbranched alkanes of at least 4 members (excludes halogenated alkanes) is 1. The number of ether oxygens (including phenoxy) is 1. The van der Waals surface area contributed by atoms with Crippen LogP contribution in [0.4, 0.5) is 0 Å². The predicted molar refractivity (Wildman–Crippen MR) is 138 cm³/mol. The molecule has 0 N–H and O–H groups in total. The first-order chi connectivity index (χ1) is 15.2. The number of hydrogen-bond acceptors (Lipinski definition) is 3. The summed E-state index contributed by atoms with van der Waals surface area (Å²) in [5, 5.41) is 0. The molecular formula is C29H48O3. The highest BCUT2D eigenvalue weighted by Crippen LogP contribution is 2.17. The zero-order chi connectivity index (χ0) is 24.4. The van der Waals surface area contributed by atoms with Gasteiger partial charge in [-0.3, -0.25) is 9.59 Å². The number of rotatable bonds is 17. The van der Waals surface area contributed by atoms with Crippen LogP contribution in [0.3, 0.4) is 0 Å². The SMILES string of the molecule is CCCCC(=O)C(CC=C(C)CCC=C(C)CCC=C(C)CCC=C(C)C)C(=O)OCC. The Labute approximate surface area is 198 Å². The third kappa shape index (κ3) is 15.8. The van der Waals surface area contributed by atoms with Crippen molar-refractivity contribution in [1.82, 2.24) is 0 Å². The lowest BCUT2D eigenvalue weighted by molar-refractivity contribution is -0.151. The van der Waals surface area contributed by atoms with Crippen LogP contribution in [0.1, 0.15) is 113 Å². The zero-order valence-corrected chi connectivity index (χ0v) is 21.9. The fourth-order valence-corrected chi connectivity index (χ4v) is 3.43. The molecule has 0 aromatic rings. The molecule has 182 valence electrons. The Balaban J connectivity index is 4.53. The lowest BCUT2D eigenvalue weighted by atomic mass is 9.94. The average Bonchev–Trinajstić information content (AvgIpc) is 2.72. The van der Waals surface area contributed by atoms with Gasteiger partial charge in [0.25, 0.3) is 0 Å². The summed E-state index contributed by atoms with van der Waals surface area (Å²) in [6.07, 6.45) is 18.1. The maximum atomic E-state index is 12.4. The summed E-state index contributed by atoms with van der Waals surface area (Å²) in [6.45, 7) is 15.0. The summed E-state index contributed by atoms with van der Waals surface area (Å²) in [7, 11) is 0. The molecule has 0 heterocycles. The number of carbonyl (C=O) groups is 2. The van der Waals surface area contributed by atoms with Crippen LogP contribution in [0.2, 0.25) is 0 Å². The Morgan fingerprint density at radius 3 is 1.69 bits per heavy atom. The van der Waals surface area contributed by atoms with Crippen LogP contribution in [0.15, 0.2) is 46.6 Å². The molecule has 32 heavy (non-hydrogen) atoms. The molecule has 0 saturated carbocycles. The van der Waals surface area contributed by atoms with Crippen molar-refractivity contribution in [3.63, 3.8) is 0 Å². The third-order valence-electron chi connectivity index (χ3n) is 5.59. The van der Waals surface area contributed by atoms with Crippen molar-refractivity contribution in [2.45, 2.75) is 113 Å². The van der Waals surface area contributed by atoms with E-state index in [0.29, 0.717) is 19.4 Å². The summed E-state index contributed by atoms with van der Waals surface area (Å²) < 4.78 is 5.13. The van der Waals surface area contributed by atoms with Crippen molar-refractivity contribution in [3.05, 3.63) is 46.6 Å². The van der Waals surface area contributed by atoms with Crippen LogP contribution in [-0.4, -0.2) is 18.4 Å². The first-order valence-corrected chi connectivity index (χ1v) is 12.5. The Morgan fingerprint density at radius 1 is 0.719 bits per heavy atom. The van der Waals surface area contributed by atoms with E-state index < -0.39 is 5.92 Å². The molecule has 0 rings (SSSR count). The molecule has 3 heteroatoms. The summed E-state index contributed by atoms with van der Waals surface area (Å²) in [5.41, 5.74) is 5.51. The summed E-state index contributed by atoms with van der Waals surface area (Å²) in [5.74, 6) is -1.02. The quantitative estimate of drug-likeness (QED) is 0.128. The first-order valence-electron chi connectivity index (χ1n) is 12.5. The van der Waals surface area contributed by atoms with Crippen molar-refractivity contribution >= 4 is 11.8 Å². The van der Waals surface area contributed by atoms with Crippen LogP contribution in [-0.2, 0) is 14.3 Å². The molecular weight excluding hydrogens is 396 g/mol. The largest absolute Gasteiger partial charge is 0.465 e. The summed E-state index contributed by atoms with van der Waals surface area (Å²) >= 11 is 0. The van der Waals surface area contributed by atoms with Crippen LogP contribution < -0.4 is 0 Å². The normalized spacial score (nSPS) is 13.7. The molecule has 0 bridgehead atoms. The minimum absolute atomic E-state index is 0.00860. The molecule has 0 radical (unpaired) electrons. The zero-order valence-electron chi connectivity index (χ0n) is 21.9. The molecule has 0 aromatic carbocycles. The number of allylic oxidation sites excluding steroid dienone is 8. The van der Waals surface area contributed by atoms with Gasteiger partial charge in [-0.25, -0.2) is 0 Å². The maximum absolute atomic E-state index is 12.4. The topological polar surface area (TPSA) is 43.4 Å². The minimum Gasteiger partial charge on any atom is -0.465 e. The molecule has 1 atom stereocenters. The fourth-order valence-electron chi connectivity index (χ4n) is 3.43. The van der Waals surface area contributed by atoms with Gasteiger partial charge in [-0.15, -0.1) is 0 Å². The molecule has 0 fully saturated rings. The number of carbonyl (C=O) groups excluding carboxylic acids is 2. The molecule has 0 spiro atoms. The lowest BCUT2D eigenvalue weighted by Crippen LogP contribution is -2.25. The molecule has 0 aromatic heterocycles. The highest BCUT2D eigenvalue weighted by Gasteiger charge is 2.26. The average molecular weight is 445 g/mol. The minimum atomic E-state index is -0.652. The number of esters is 1. The molecule has 1 unspecified atom stereocenters. The smallest absolute Gasteiger partial charge is 0.316 e. The van der Waals surface area contributed by atoms with Gasteiger partial charge in [0.05, 0.1) is 6.61 Å². The third-order valence-corrected chi connectivity index (χ3v) is 5.59. The van der Waals surface area contributed by atoms with E-state index >= 15 is 0 Å². The molecule has 0 amide bonds. The predicted octanol–water partition coefficient (Wildman–Crippen LogP) is 8.46. The molecule has 0 aliphatic carbocycles. The van der Waals surface area contributed by atoms with Gasteiger partial charge in [-0.1, -0.05) is 59.9 Å². The van der Waals surface area contributed by atoms with Gasteiger partial charge >= 0.3 is 5.97 Å². The van der Waals surface area contributed by atoms with Gasteiger partial charge in [0.2, 0.25) is 0 Å². The van der Waals surface area contributed by atoms with E-state index in [4.69, 9.17) is 4.74 Å². The standard InChI is InChI=1S/C29H48O3/c1-8-10-20-28(30)27(29(31)32-9-2)22-21-26(7)19-13-18-25(6)17-12-16-24(5)15-11-14-23(3)4/h14,16,18,21,27H,8-13,15,17,19-20,22H2,1-7H3. The second-order valence-electron chi connectivity index (χ2n) is 9.16. The van der Waals surface area contributed by atoms with Gasteiger partial charge < -0.3 is 4.74 Å². The first kappa shape index (κ1) is 30.1. The van der Waals surface area contributed by atoms with Gasteiger partial charge in [0, 0.05) is 6.42 Å². The lowest BCUT2D eigenvalue weighted by Gasteiger charge is -2.13. The molecule has 0 aliphatic heterocycles. The Morgan fingerprint density at radius 2 is 1.22 bits per heavy atom. The fraction of sp³-hybridized carbons (Fsp3) is 0.655. The molecule has 3 nitrogen and oxygen atoms in total. The second kappa shape index (κ2) is 18.7. The number of hydrogen-bond donors (Lipinski definition) is 0. The number of ketones is 1. The molecule has 0 saturated heterocycles. The Hall–Kier alpha value is -1.90. The van der Waals surface area contributed by atoms with E-state index in [9.17, 15) is 9.59 Å². The van der Waals surface area contributed by atoms with E-state index in [1.54, 1.807) is 6.92 Å². The maximum Gasteiger partial charge on any atom is 0.316 e. The Kier molecular flexibility index (Phi) is 17.5. The van der Waals surface area contributed by atoms with Crippen LogP contribution in [0, 0.1) is 5.92 Å². The van der Waals surface area contributed by atoms with E-state index in [1.165, 1.54) is 22.3 Å². The van der Waals surface area contributed by atoms with E-state index in [-0.39, 0.29) is 11.8 Å². The van der Waals surface area contributed by atoms with E-state index in [0.717, 1.165) is 51.4 Å². The van der Waals surface area contributed by atoms with Crippen LogP contribution in [0.5, 0.6) is 0 Å². The highest BCUT2D eigenvalue weighted by atomic mass is 16.5. The van der Waals surface area contributed by atoms with E-state index in [1.807, 2.05) is 6.08 Å². The second-order valence-corrected chi connectivity index (χ2v) is 9.16. The van der Waals surface area contributed by atoms with Gasteiger partial charge in [0.15, 0.2) is 0 Å². The van der Waals surface area contributed by atoms with Crippen molar-refractivity contribution in [2.75, 3.05) is 6.61 Å². The Bertz CT molecular complexity index is 673. The molecule has 0 aliphatic rings. The monoisotopic (exact) mass is 444 g/mol. The van der Waals surface area contributed by atoms with Crippen molar-refractivity contribution in [3.8, 4) is 0 Å². The summed E-state index contributed by atoms with van der Waals surface area (Å²) in [4.78, 5) is 24.6. The van der Waals surface area contributed by atoms with Crippen LogP contribution >= 0.6 is 0 Å².